The topological polar surface area (TPSA) is 85.6 Å². The van der Waals surface area contributed by atoms with Crippen LogP contribution in [0.3, 0.4) is 0 Å². The Morgan fingerprint density at radius 2 is 1.89 bits per heavy atom. The van der Waals surface area contributed by atoms with Gasteiger partial charge in [0.25, 0.3) is 0 Å². The Kier molecular flexibility index (Phi) is 8.57. The van der Waals surface area contributed by atoms with Crippen molar-refractivity contribution in [1.82, 2.24) is 25.4 Å². The quantitative estimate of drug-likeness (QED) is 0.372. The Bertz CT molecular complexity index is 711. The van der Waals surface area contributed by atoms with Crippen molar-refractivity contribution >= 4 is 5.96 Å². The molecule has 0 spiro atoms. The van der Waals surface area contributed by atoms with Gasteiger partial charge < -0.3 is 24.7 Å². The summed E-state index contributed by atoms with van der Waals surface area (Å²) in [6.07, 6.45) is 0.888. The Hall–Kier alpha value is -2.61. The van der Waals surface area contributed by atoms with Crippen molar-refractivity contribution in [2.24, 2.45) is 12.0 Å². The molecule has 1 heterocycles. The molecule has 1 aromatic heterocycles. The molecule has 0 aliphatic heterocycles. The standard InChI is InChI=1S/C19H30N6O2/c1-5-27-13-12-21-19(22-14-18-24-23-15(2)25(18)3)20-11-10-16-6-8-17(26-4)9-7-16/h6-9H,5,10-14H2,1-4H3,(H2,20,21,22). The molecule has 148 valence electrons. The van der Waals surface area contributed by atoms with Gasteiger partial charge in [0.05, 0.1) is 13.7 Å². The average Bonchev–Trinajstić information content (AvgIpc) is 3.01. The summed E-state index contributed by atoms with van der Waals surface area (Å²) in [6.45, 7) is 7.18. The van der Waals surface area contributed by atoms with Crippen LogP contribution in [0.1, 0.15) is 24.1 Å². The molecule has 0 saturated carbocycles. The molecular formula is C19H30N6O2. The summed E-state index contributed by atoms with van der Waals surface area (Å²) in [5, 5.41) is 14.9. The van der Waals surface area contributed by atoms with Crippen molar-refractivity contribution in [3.8, 4) is 5.75 Å². The van der Waals surface area contributed by atoms with Gasteiger partial charge in [-0.1, -0.05) is 12.1 Å². The minimum atomic E-state index is 0.462. The summed E-state index contributed by atoms with van der Waals surface area (Å²) in [6, 6.07) is 8.09. The fraction of sp³-hybridized carbons (Fsp3) is 0.526. The fourth-order valence-corrected chi connectivity index (χ4v) is 2.42. The van der Waals surface area contributed by atoms with E-state index >= 15 is 0 Å². The van der Waals surface area contributed by atoms with Gasteiger partial charge in [-0.15, -0.1) is 10.2 Å². The Morgan fingerprint density at radius 1 is 1.15 bits per heavy atom. The first-order valence-electron chi connectivity index (χ1n) is 9.21. The van der Waals surface area contributed by atoms with Crippen molar-refractivity contribution in [3.63, 3.8) is 0 Å². The van der Waals surface area contributed by atoms with E-state index < -0.39 is 0 Å². The molecule has 0 bridgehead atoms. The lowest BCUT2D eigenvalue weighted by molar-refractivity contribution is 0.152. The molecule has 2 aromatic rings. The van der Waals surface area contributed by atoms with E-state index in [1.807, 2.05) is 37.6 Å². The van der Waals surface area contributed by atoms with Gasteiger partial charge in [-0.25, -0.2) is 4.99 Å². The van der Waals surface area contributed by atoms with E-state index in [1.54, 1.807) is 7.11 Å². The average molecular weight is 374 g/mol. The fourth-order valence-electron chi connectivity index (χ4n) is 2.42. The molecule has 2 rings (SSSR count). The molecule has 27 heavy (non-hydrogen) atoms. The Balaban J connectivity index is 1.89. The lowest BCUT2D eigenvalue weighted by atomic mass is 10.1. The third-order valence-corrected chi connectivity index (χ3v) is 4.17. The molecule has 0 aliphatic carbocycles. The first-order chi connectivity index (χ1) is 13.1. The summed E-state index contributed by atoms with van der Waals surface area (Å²) in [7, 11) is 3.62. The highest BCUT2D eigenvalue weighted by molar-refractivity contribution is 5.79. The van der Waals surface area contributed by atoms with Gasteiger partial charge in [0.1, 0.15) is 18.1 Å². The van der Waals surface area contributed by atoms with Crippen LogP contribution < -0.4 is 15.4 Å². The second-order valence-electron chi connectivity index (χ2n) is 6.04. The third kappa shape index (κ3) is 6.90. The van der Waals surface area contributed by atoms with Crippen molar-refractivity contribution in [3.05, 3.63) is 41.5 Å². The number of aliphatic imine (C=N–C) groups is 1. The van der Waals surface area contributed by atoms with Gasteiger partial charge in [0, 0.05) is 26.7 Å². The van der Waals surface area contributed by atoms with Crippen LogP contribution in [-0.4, -0.2) is 54.1 Å². The molecule has 0 atom stereocenters. The first-order valence-corrected chi connectivity index (χ1v) is 9.21. The maximum absolute atomic E-state index is 5.38. The highest BCUT2D eigenvalue weighted by Crippen LogP contribution is 2.11. The van der Waals surface area contributed by atoms with E-state index in [9.17, 15) is 0 Å². The van der Waals surface area contributed by atoms with Crippen molar-refractivity contribution in [1.29, 1.82) is 0 Å². The van der Waals surface area contributed by atoms with Gasteiger partial charge >= 0.3 is 0 Å². The lowest BCUT2D eigenvalue weighted by Crippen LogP contribution is -2.40. The maximum Gasteiger partial charge on any atom is 0.191 e. The second-order valence-corrected chi connectivity index (χ2v) is 6.04. The molecular weight excluding hydrogens is 344 g/mol. The zero-order chi connectivity index (χ0) is 19.5. The highest BCUT2D eigenvalue weighted by atomic mass is 16.5. The summed E-state index contributed by atoms with van der Waals surface area (Å²) in [5.74, 6) is 3.31. The molecule has 2 N–H and O–H groups in total. The minimum Gasteiger partial charge on any atom is -0.497 e. The molecule has 0 aliphatic rings. The van der Waals surface area contributed by atoms with Gasteiger partial charge in [-0.2, -0.15) is 0 Å². The number of rotatable bonds is 10. The maximum atomic E-state index is 5.38. The lowest BCUT2D eigenvalue weighted by Gasteiger charge is -2.13. The van der Waals surface area contributed by atoms with Gasteiger partial charge in [-0.3, -0.25) is 0 Å². The molecule has 8 heteroatoms. The summed E-state index contributed by atoms with van der Waals surface area (Å²) in [5.41, 5.74) is 1.24. The monoisotopic (exact) mass is 374 g/mol. The van der Waals surface area contributed by atoms with Crippen molar-refractivity contribution in [2.45, 2.75) is 26.8 Å². The van der Waals surface area contributed by atoms with Crippen LogP contribution in [0.15, 0.2) is 29.3 Å². The Labute approximate surface area is 161 Å². The van der Waals surface area contributed by atoms with Crippen molar-refractivity contribution in [2.75, 3.05) is 33.4 Å². The number of hydrogen-bond donors (Lipinski definition) is 2. The van der Waals surface area contributed by atoms with Crippen LogP contribution in [-0.2, 0) is 24.8 Å². The van der Waals surface area contributed by atoms with Crippen LogP contribution in [0.4, 0.5) is 0 Å². The molecule has 8 nitrogen and oxygen atoms in total. The molecule has 0 saturated heterocycles. The van der Waals surface area contributed by atoms with Gasteiger partial charge in [-0.05, 0) is 38.0 Å². The van der Waals surface area contributed by atoms with E-state index in [0.29, 0.717) is 26.3 Å². The van der Waals surface area contributed by atoms with E-state index in [4.69, 9.17) is 9.47 Å². The first kappa shape index (κ1) is 20.7. The van der Waals surface area contributed by atoms with E-state index in [0.717, 1.165) is 36.3 Å². The smallest absolute Gasteiger partial charge is 0.191 e. The van der Waals surface area contributed by atoms with Crippen molar-refractivity contribution < 1.29 is 9.47 Å². The number of nitrogens with zero attached hydrogens (tertiary/aromatic N) is 4. The zero-order valence-corrected chi connectivity index (χ0v) is 16.7. The Morgan fingerprint density at radius 3 is 2.52 bits per heavy atom. The molecule has 1 aromatic carbocycles. The van der Waals surface area contributed by atoms with E-state index in [1.165, 1.54) is 5.56 Å². The largest absolute Gasteiger partial charge is 0.497 e. The normalized spacial score (nSPS) is 11.5. The number of methoxy groups -OCH3 is 1. The van der Waals surface area contributed by atoms with Crippen LogP contribution in [0, 0.1) is 6.92 Å². The molecule has 0 radical (unpaired) electrons. The zero-order valence-electron chi connectivity index (χ0n) is 16.7. The number of benzene rings is 1. The van der Waals surface area contributed by atoms with Gasteiger partial charge in [0.2, 0.25) is 0 Å². The molecule has 0 fully saturated rings. The summed E-state index contributed by atoms with van der Waals surface area (Å²) in [4.78, 5) is 4.62. The SMILES string of the molecule is CCOCCNC(=NCc1nnc(C)n1C)NCCc1ccc(OC)cc1. The number of aromatic nitrogens is 3. The predicted octanol–water partition coefficient (Wildman–Crippen LogP) is 1.45. The van der Waals surface area contributed by atoms with Crippen LogP contribution >= 0.6 is 0 Å². The van der Waals surface area contributed by atoms with E-state index in [-0.39, 0.29) is 0 Å². The third-order valence-electron chi connectivity index (χ3n) is 4.17. The predicted molar refractivity (Wildman–Crippen MR) is 106 cm³/mol. The van der Waals surface area contributed by atoms with E-state index in [2.05, 4.69) is 38.0 Å². The molecule has 0 amide bonds. The molecule has 0 unspecified atom stereocenters. The van der Waals surface area contributed by atoms with Crippen LogP contribution in [0.25, 0.3) is 0 Å². The number of guanidine groups is 1. The summed E-state index contributed by atoms with van der Waals surface area (Å²) >= 11 is 0. The van der Waals surface area contributed by atoms with Crippen LogP contribution in [0.2, 0.25) is 0 Å². The van der Waals surface area contributed by atoms with Crippen LogP contribution in [0.5, 0.6) is 5.75 Å². The summed E-state index contributed by atoms with van der Waals surface area (Å²) < 4.78 is 12.5. The highest BCUT2D eigenvalue weighted by Gasteiger charge is 2.05. The second kappa shape index (κ2) is 11.2. The number of ether oxygens (including phenoxy) is 2. The number of aryl methyl sites for hydroxylation is 1. The number of hydrogen-bond acceptors (Lipinski definition) is 5. The minimum absolute atomic E-state index is 0.462. The van der Waals surface area contributed by atoms with Gasteiger partial charge in [0.15, 0.2) is 11.8 Å². The number of nitrogens with one attached hydrogen (secondary N) is 2.